The van der Waals surface area contributed by atoms with Crippen molar-refractivity contribution >= 4 is 15.9 Å². The molecular weight excluding hydrogens is 364 g/mol. The summed E-state index contributed by atoms with van der Waals surface area (Å²) in [6, 6.07) is 2.51. The van der Waals surface area contributed by atoms with Crippen molar-refractivity contribution in [3.05, 3.63) is 29.8 Å². The van der Waals surface area contributed by atoms with Crippen LogP contribution in [0.2, 0.25) is 0 Å². The van der Waals surface area contributed by atoms with Crippen LogP contribution in [0.25, 0.3) is 0 Å². The molecule has 1 aromatic rings. The van der Waals surface area contributed by atoms with E-state index in [1.54, 1.807) is 0 Å². The van der Waals surface area contributed by atoms with Gasteiger partial charge in [0.25, 0.3) is 5.91 Å². The Labute approximate surface area is 153 Å². The number of nitrogens with zero attached hydrogens (tertiary/aromatic N) is 1. The van der Waals surface area contributed by atoms with E-state index in [1.165, 1.54) is 0 Å². The van der Waals surface area contributed by atoms with E-state index in [4.69, 9.17) is 0 Å². The van der Waals surface area contributed by atoms with Gasteiger partial charge in [-0.3, -0.25) is 4.79 Å². The van der Waals surface area contributed by atoms with Crippen LogP contribution in [0.4, 0.5) is 8.78 Å². The predicted molar refractivity (Wildman–Crippen MR) is 93.2 cm³/mol. The summed E-state index contributed by atoms with van der Waals surface area (Å²) in [5.74, 6) is -1.83. The Morgan fingerprint density at radius 3 is 2.58 bits per heavy atom. The third kappa shape index (κ3) is 5.21. The monoisotopic (exact) mass is 390 g/mol. The van der Waals surface area contributed by atoms with E-state index in [1.807, 2.05) is 6.92 Å². The molecule has 9 heteroatoms. The van der Waals surface area contributed by atoms with E-state index in [-0.39, 0.29) is 31.6 Å². The summed E-state index contributed by atoms with van der Waals surface area (Å²) in [5.41, 5.74) is 0. The Bertz CT molecular complexity index is 735. The molecule has 0 bridgehead atoms. The minimum atomic E-state index is -4.09. The Morgan fingerprint density at radius 2 is 1.96 bits per heavy atom. The number of sulfonamides is 1. The molecular formula is C17H26F2N3O3S+. The fourth-order valence-electron chi connectivity index (χ4n) is 3.09. The Kier molecular flexibility index (Phi) is 7.08. The average Bonchev–Trinajstić information content (AvgIpc) is 2.57. The lowest BCUT2D eigenvalue weighted by Crippen LogP contribution is -3.15. The van der Waals surface area contributed by atoms with Crippen LogP contribution in [-0.2, 0) is 14.8 Å². The van der Waals surface area contributed by atoms with Crippen molar-refractivity contribution in [2.24, 2.45) is 0 Å². The van der Waals surface area contributed by atoms with Crippen molar-refractivity contribution in [3.8, 4) is 0 Å². The summed E-state index contributed by atoms with van der Waals surface area (Å²) >= 11 is 0. The normalized spacial score (nSPS) is 17.8. The third-order valence-corrected chi connectivity index (χ3v) is 6.39. The second-order valence-corrected chi connectivity index (χ2v) is 8.57. The summed E-state index contributed by atoms with van der Waals surface area (Å²) in [6.07, 6.45) is 1.90. The highest BCUT2D eigenvalue weighted by Crippen LogP contribution is 2.20. The van der Waals surface area contributed by atoms with Crippen LogP contribution in [0, 0.1) is 11.6 Å². The summed E-state index contributed by atoms with van der Waals surface area (Å²) in [4.78, 5) is 12.3. The van der Waals surface area contributed by atoms with Gasteiger partial charge in [0, 0.05) is 6.04 Å². The number of halogens is 2. The van der Waals surface area contributed by atoms with Gasteiger partial charge in [0.05, 0.1) is 26.2 Å². The molecule has 2 rings (SSSR count). The molecule has 26 heavy (non-hydrogen) atoms. The molecule has 146 valence electrons. The van der Waals surface area contributed by atoms with Crippen molar-refractivity contribution in [1.82, 2.24) is 9.62 Å². The number of nitrogens with one attached hydrogen (secondary N) is 2. The van der Waals surface area contributed by atoms with Crippen molar-refractivity contribution < 1.29 is 26.9 Å². The number of amides is 1. The topological polar surface area (TPSA) is 70.9 Å². The summed E-state index contributed by atoms with van der Waals surface area (Å²) in [7, 11) is -4.09. The second-order valence-electron chi connectivity index (χ2n) is 6.66. The summed E-state index contributed by atoms with van der Waals surface area (Å²) in [6.45, 7) is 5.47. The first-order valence-electron chi connectivity index (χ1n) is 8.82. The molecule has 2 N–H and O–H groups in total. The van der Waals surface area contributed by atoms with Gasteiger partial charge in [-0.05, 0) is 31.5 Å². The summed E-state index contributed by atoms with van der Waals surface area (Å²) < 4.78 is 53.4. The molecule has 0 aliphatic carbocycles. The molecule has 1 aliphatic heterocycles. The van der Waals surface area contributed by atoms with Gasteiger partial charge in [-0.1, -0.05) is 13.3 Å². The molecule has 1 aliphatic rings. The SMILES string of the molecule is CCC[C@H](C)NC(=O)C[NH+]1CCN(S(=O)(=O)c2cc(F)ccc2F)CC1. The molecule has 0 saturated carbocycles. The quantitative estimate of drug-likeness (QED) is 0.697. The number of hydrogen-bond acceptors (Lipinski definition) is 3. The Hall–Kier alpha value is -1.58. The zero-order valence-corrected chi connectivity index (χ0v) is 15.9. The van der Waals surface area contributed by atoms with E-state index in [9.17, 15) is 22.0 Å². The van der Waals surface area contributed by atoms with E-state index in [2.05, 4.69) is 12.2 Å². The maximum absolute atomic E-state index is 13.8. The molecule has 1 fully saturated rings. The van der Waals surface area contributed by atoms with E-state index >= 15 is 0 Å². The molecule has 0 unspecified atom stereocenters. The molecule has 1 heterocycles. The lowest BCUT2D eigenvalue weighted by molar-refractivity contribution is -0.895. The number of carbonyl (C=O) groups excluding carboxylic acids is 1. The van der Waals surface area contributed by atoms with Gasteiger partial charge >= 0.3 is 0 Å². The van der Waals surface area contributed by atoms with Gasteiger partial charge < -0.3 is 10.2 Å². The van der Waals surface area contributed by atoms with E-state index < -0.39 is 26.6 Å². The van der Waals surface area contributed by atoms with E-state index in [0.717, 1.165) is 34.2 Å². The molecule has 0 spiro atoms. The maximum Gasteiger partial charge on any atom is 0.275 e. The van der Waals surface area contributed by atoms with Crippen LogP contribution in [0.5, 0.6) is 0 Å². The van der Waals surface area contributed by atoms with Crippen LogP contribution in [0.1, 0.15) is 26.7 Å². The minimum absolute atomic E-state index is 0.0616. The van der Waals surface area contributed by atoms with Gasteiger partial charge in [0.1, 0.15) is 16.5 Å². The smallest absolute Gasteiger partial charge is 0.275 e. The van der Waals surface area contributed by atoms with Gasteiger partial charge in [-0.25, -0.2) is 17.2 Å². The average molecular weight is 390 g/mol. The summed E-state index contributed by atoms with van der Waals surface area (Å²) in [5, 5.41) is 2.93. The highest BCUT2D eigenvalue weighted by Gasteiger charge is 2.33. The first kappa shape index (κ1) is 20.7. The molecule has 0 radical (unpaired) electrons. The Balaban J connectivity index is 1.93. The number of carbonyl (C=O) groups is 1. The zero-order valence-electron chi connectivity index (χ0n) is 15.1. The highest BCUT2D eigenvalue weighted by molar-refractivity contribution is 7.89. The molecule has 0 aromatic heterocycles. The lowest BCUT2D eigenvalue weighted by atomic mass is 10.2. The number of benzene rings is 1. The second kappa shape index (κ2) is 8.88. The Morgan fingerprint density at radius 1 is 1.31 bits per heavy atom. The molecule has 1 saturated heterocycles. The molecule has 1 aromatic carbocycles. The van der Waals surface area contributed by atoms with Crippen molar-refractivity contribution in [1.29, 1.82) is 0 Å². The highest BCUT2D eigenvalue weighted by atomic mass is 32.2. The number of piperazine rings is 1. The number of rotatable bonds is 7. The van der Waals surface area contributed by atoms with Crippen LogP contribution in [0.3, 0.4) is 0 Å². The van der Waals surface area contributed by atoms with Gasteiger partial charge in [0.15, 0.2) is 6.54 Å². The van der Waals surface area contributed by atoms with Crippen molar-refractivity contribution in [3.63, 3.8) is 0 Å². The first-order chi connectivity index (χ1) is 12.2. The molecule has 1 atom stereocenters. The minimum Gasteiger partial charge on any atom is -0.349 e. The van der Waals surface area contributed by atoms with E-state index in [0.29, 0.717) is 19.2 Å². The van der Waals surface area contributed by atoms with Crippen molar-refractivity contribution in [2.75, 3.05) is 32.7 Å². The molecule has 1 amide bonds. The lowest BCUT2D eigenvalue weighted by Gasteiger charge is -2.31. The third-order valence-electron chi connectivity index (χ3n) is 4.48. The molecule has 6 nitrogen and oxygen atoms in total. The first-order valence-corrected chi connectivity index (χ1v) is 10.3. The zero-order chi connectivity index (χ0) is 19.3. The van der Waals surface area contributed by atoms with Gasteiger partial charge in [-0.15, -0.1) is 0 Å². The van der Waals surface area contributed by atoms with Crippen LogP contribution < -0.4 is 10.2 Å². The van der Waals surface area contributed by atoms with Gasteiger partial charge in [0.2, 0.25) is 10.0 Å². The van der Waals surface area contributed by atoms with Crippen LogP contribution in [0.15, 0.2) is 23.1 Å². The van der Waals surface area contributed by atoms with Crippen LogP contribution >= 0.6 is 0 Å². The fourth-order valence-corrected chi connectivity index (χ4v) is 4.61. The fraction of sp³-hybridized carbons (Fsp3) is 0.588. The number of hydrogen-bond donors (Lipinski definition) is 2. The maximum atomic E-state index is 13.8. The largest absolute Gasteiger partial charge is 0.349 e. The van der Waals surface area contributed by atoms with Gasteiger partial charge in [-0.2, -0.15) is 4.31 Å². The predicted octanol–water partition coefficient (Wildman–Crippen LogP) is 0.159. The van der Waals surface area contributed by atoms with Crippen molar-refractivity contribution in [2.45, 2.75) is 37.6 Å². The standard InChI is InChI=1S/C17H25F2N3O3S/c1-3-4-13(2)20-17(23)12-21-7-9-22(10-8-21)26(24,25)16-11-14(18)5-6-15(16)19/h5-6,11,13H,3-4,7-10,12H2,1-2H3,(H,20,23)/p+1/t13-/m0/s1. The van der Waals surface area contributed by atoms with Crippen LogP contribution in [-0.4, -0.2) is 57.4 Å². The number of quaternary nitrogens is 1.